The molecule has 128 valence electrons. The van der Waals surface area contributed by atoms with Crippen LogP contribution < -0.4 is 10.2 Å². The summed E-state index contributed by atoms with van der Waals surface area (Å²) in [6, 6.07) is 10.8. The molecule has 1 amide bonds. The second-order valence-electron chi connectivity index (χ2n) is 7.01. The fourth-order valence-electron chi connectivity index (χ4n) is 3.37. The van der Waals surface area contributed by atoms with Crippen LogP contribution in [0.25, 0.3) is 0 Å². The molecule has 1 atom stereocenters. The van der Waals surface area contributed by atoms with E-state index in [-0.39, 0.29) is 5.91 Å². The number of nitrogens with one attached hydrogen (secondary N) is 2. The monoisotopic (exact) mass is 326 g/mol. The minimum atomic E-state index is -0.110. The van der Waals surface area contributed by atoms with E-state index in [1.54, 1.807) is 0 Å². The van der Waals surface area contributed by atoms with Crippen molar-refractivity contribution in [3.05, 3.63) is 47.3 Å². The standard InChI is InChI=1S/C19H26N4O/c1-13(2)10-16-12-17(22-21-16)19(24)20-8-9-23-14(3)11-15-6-4-5-7-18(15)23/h4-7,12-14H,8-11H2,1-3H3,(H,20,24)(H,21,22)/t14-/m0/s1. The molecule has 0 unspecified atom stereocenters. The number of anilines is 1. The Morgan fingerprint density at radius 3 is 3.00 bits per heavy atom. The van der Waals surface area contributed by atoms with Crippen LogP contribution >= 0.6 is 0 Å². The van der Waals surface area contributed by atoms with Gasteiger partial charge in [-0.05, 0) is 43.4 Å². The molecule has 0 bridgehead atoms. The summed E-state index contributed by atoms with van der Waals surface area (Å²) in [4.78, 5) is 14.6. The fraction of sp³-hybridized carbons (Fsp3) is 0.474. The molecule has 0 radical (unpaired) electrons. The number of benzene rings is 1. The Balaban J connectivity index is 1.53. The van der Waals surface area contributed by atoms with Crippen molar-refractivity contribution >= 4 is 11.6 Å². The van der Waals surface area contributed by atoms with E-state index in [1.165, 1.54) is 11.3 Å². The Morgan fingerprint density at radius 1 is 1.42 bits per heavy atom. The van der Waals surface area contributed by atoms with E-state index in [1.807, 2.05) is 6.07 Å². The van der Waals surface area contributed by atoms with Crippen LogP contribution in [0.4, 0.5) is 5.69 Å². The van der Waals surface area contributed by atoms with Gasteiger partial charge in [-0.2, -0.15) is 5.10 Å². The van der Waals surface area contributed by atoms with Crippen LogP contribution in [0.2, 0.25) is 0 Å². The average molecular weight is 326 g/mol. The minimum absolute atomic E-state index is 0.110. The number of hydrogen-bond donors (Lipinski definition) is 2. The molecule has 1 aromatic carbocycles. The highest BCUT2D eigenvalue weighted by Crippen LogP contribution is 2.31. The Kier molecular flexibility index (Phi) is 4.88. The lowest BCUT2D eigenvalue weighted by molar-refractivity contribution is 0.0949. The van der Waals surface area contributed by atoms with Gasteiger partial charge < -0.3 is 10.2 Å². The second kappa shape index (κ2) is 7.07. The van der Waals surface area contributed by atoms with E-state index in [2.05, 4.69) is 65.5 Å². The number of nitrogens with zero attached hydrogens (tertiary/aromatic N) is 2. The summed E-state index contributed by atoms with van der Waals surface area (Å²) in [5, 5.41) is 10.0. The first-order valence-corrected chi connectivity index (χ1v) is 8.71. The summed E-state index contributed by atoms with van der Waals surface area (Å²) >= 11 is 0. The van der Waals surface area contributed by atoms with Crippen LogP contribution in [0, 0.1) is 5.92 Å². The second-order valence-corrected chi connectivity index (χ2v) is 7.01. The number of rotatable bonds is 6. The lowest BCUT2D eigenvalue weighted by Crippen LogP contribution is -2.38. The van der Waals surface area contributed by atoms with Crippen molar-refractivity contribution in [3.8, 4) is 0 Å². The predicted molar refractivity (Wildman–Crippen MR) is 96.4 cm³/mol. The van der Waals surface area contributed by atoms with Crippen LogP contribution in [0.3, 0.4) is 0 Å². The van der Waals surface area contributed by atoms with Gasteiger partial charge in [0.15, 0.2) is 0 Å². The summed E-state index contributed by atoms with van der Waals surface area (Å²) in [5.74, 6) is 0.430. The highest BCUT2D eigenvalue weighted by molar-refractivity contribution is 5.92. The van der Waals surface area contributed by atoms with Gasteiger partial charge in [-0.25, -0.2) is 0 Å². The molecule has 2 aromatic rings. The number of carbonyl (C=O) groups excluding carboxylic acids is 1. The van der Waals surface area contributed by atoms with E-state index in [0.717, 1.165) is 25.1 Å². The maximum atomic E-state index is 12.2. The van der Waals surface area contributed by atoms with Crippen molar-refractivity contribution in [2.75, 3.05) is 18.0 Å². The number of H-pyrrole nitrogens is 1. The molecular weight excluding hydrogens is 300 g/mol. The van der Waals surface area contributed by atoms with E-state index in [9.17, 15) is 4.79 Å². The normalized spacial score (nSPS) is 16.5. The first-order chi connectivity index (χ1) is 11.5. The Morgan fingerprint density at radius 2 is 2.21 bits per heavy atom. The number of amides is 1. The first-order valence-electron chi connectivity index (χ1n) is 8.71. The SMILES string of the molecule is CC(C)Cc1cc(C(=O)NCCN2c3ccccc3C[C@@H]2C)n[nH]1. The molecule has 1 aliphatic rings. The third-order valence-electron chi connectivity index (χ3n) is 4.48. The lowest BCUT2D eigenvalue weighted by atomic mass is 10.1. The Labute approximate surface area is 143 Å². The van der Waals surface area contributed by atoms with Crippen LogP contribution in [0.15, 0.2) is 30.3 Å². The zero-order valence-corrected chi connectivity index (χ0v) is 14.7. The van der Waals surface area contributed by atoms with Gasteiger partial charge in [-0.15, -0.1) is 0 Å². The number of hydrogen-bond acceptors (Lipinski definition) is 3. The van der Waals surface area contributed by atoms with Gasteiger partial charge >= 0.3 is 0 Å². The average Bonchev–Trinajstić information content (AvgIpc) is 3.11. The van der Waals surface area contributed by atoms with Gasteiger partial charge in [0, 0.05) is 30.5 Å². The van der Waals surface area contributed by atoms with E-state index >= 15 is 0 Å². The summed E-state index contributed by atoms with van der Waals surface area (Å²) in [7, 11) is 0. The Bertz CT molecular complexity index is 707. The maximum absolute atomic E-state index is 12.2. The molecule has 0 saturated heterocycles. The largest absolute Gasteiger partial charge is 0.367 e. The molecule has 5 nitrogen and oxygen atoms in total. The molecule has 1 aromatic heterocycles. The predicted octanol–water partition coefficient (Wildman–Crippen LogP) is 2.79. The molecule has 5 heteroatoms. The first kappa shape index (κ1) is 16.6. The quantitative estimate of drug-likeness (QED) is 0.858. The highest BCUT2D eigenvalue weighted by atomic mass is 16.1. The molecule has 1 aliphatic heterocycles. The molecule has 0 fully saturated rings. The third-order valence-corrected chi connectivity index (χ3v) is 4.48. The zero-order chi connectivity index (χ0) is 17.1. The van der Waals surface area contributed by atoms with E-state index < -0.39 is 0 Å². The molecule has 0 saturated carbocycles. The summed E-state index contributed by atoms with van der Waals surface area (Å²) in [5.41, 5.74) is 4.16. The molecule has 2 N–H and O–H groups in total. The molecular formula is C19H26N4O. The highest BCUT2D eigenvalue weighted by Gasteiger charge is 2.25. The summed E-state index contributed by atoms with van der Waals surface area (Å²) in [6.07, 6.45) is 1.98. The zero-order valence-electron chi connectivity index (χ0n) is 14.7. The van der Waals surface area contributed by atoms with Crippen molar-refractivity contribution in [3.63, 3.8) is 0 Å². The van der Waals surface area contributed by atoms with Crippen molar-refractivity contribution < 1.29 is 4.79 Å². The van der Waals surface area contributed by atoms with Gasteiger partial charge in [0.05, 0.1) is 0 Å². The minimum Gasteiger partial charge on any atom is -0.367 e. The van der Waals surface area contributed by atoms with E-state index in [4.69, 9.17) is 0 Å². The molecule has 2 heterocycles. The van der Waals surface area contributed by atoms with Crippen LogP contribution in [0.5, 0.6) is 0 Å². The van der Waals surface area contributed by atoms with Crippen molar-refractivity contribution in [1.29, 1.82) is 0 Å². The number of carbonyl (C=O) groups is 1. The van der Waals surface area contributed by atoms with Crippen LogP contribution in [-0.4, -0.2) is 35.2 Å². The lowest BCUT2D eigenvalue weighted by Gasteiger charge is -2.24. The van der Waals surface area contributed by atoms with Gasteiger partial charge in [0.1, 0.15) is 5.69 Å². The Hall–Kier alpha value is -2.30. The fourth-order valence-corrected chi connectivity index (χ4v) is 3.37. The molecule has 24 heavy (non-hydrogen) atoms. The summed E-state index contributed by atoms with van der Waals surface area (Å²) < 4.78 is 0. The topological polar surface area (TPSA) is 61.0 Å². The number of para-hydroxylation sites is 1. The van der Waals surface area contributed by atoms with Crippen molar-refractivity contribution in [1.82, 2.24) is 15.5 Å². The number of aromatic nitrogens is 2. The smallest absolute Gasteiger partial charge is 0.271 e. The van der Waals surface area contributed by atoms with Crippen LogP contribution in [-0.2, 0) is 12.8 Å². The van der Waals surface area contributed by atoms with Crippen molar-refractivity contribution in [2.24, 2.45) is 5.92 Å². The van der Waals surface area contributed by atoms with Crippen molar-refractivity contribution in [2.45, 2.75) is 39.7 Å². The summed E-state index contributed by atoms with van der Waals surface area (Å²) in [6.45, 7) is 7.95. The third kappa shape index (κ3) is 3.61. The molecule has 0 spiro atoms. The molecule has 0 aliphatic carbocycles. The van der Waals surface area contributed by atoms with Gasteiger partial charge in [0.2, 0.25) is 0 Å². The van der Waals surface area contributed by atoms with Crippen LogP contribution in [0.1, 0.15) is 42.5 Å². The van der Waals surface area contributed by atoms with Gasteiger partial charge in [-0.1, -0.05) is 32.0 Å². The van der Waals surface area contributed by atoms with Gasteiger partial charge in [0.25, 0.3) is 5.91 Å². The number of fused-ring (bicyclic) bond motifs is 1. The molecule has 3 rings (SSSR count). The number of aromatic amines is 1. The maximum Gasteiger partial charge on any atom is 0.271 e. The van der Waals surface area contributed by atoms with Gasteiger partial charge in [-0.3, -0.25) is 9.89 Å². The van der Waals surface area contributed by atoms with E-state index in [0.29, 0.717) is 24.2 Å².